The number of para-hydroxylation sites is 1. The van der Waals surface area contributed by atoms with Crippen LogP contribution in [0.4, 0.5) is 4.39 Å². The molecule has 0 N–H and O–H groups in total. The van der Waals surface area contributed by atoms with Crippen LogP contribution in [-0.4, -0.2) is 9.78 Å². The summed E-state index contributed by atoms with van der Waals surface area (Å²) in [6.07, 6.45) is 2.86. The maximum atomic E-state index is 13.8. The van der Waals surface area contributed by atoms with E-state index in [2.05, 4.69) is 5.10 Å². The van der Waals surface area contributed by atoms with Crippen LogP contribution in [0.3, 0.4) is 0 Å². The van der Waals surface area contributed by atoms with Gasteiger partial charge in [0.1, 0.15) is 16.7 Å². The highest BCUT2D eigenvalue weighted by Crippen LogP contribution is 2.33. The largest absolute Gasteiger partial charge is 0.217 e. The van der Waals surface area contributed by atoms with Crippen LogP contribution in [0, 0.1) is 5.82 Å². The second kappa shape index (κ2) is 4.00. The zero-order valence-corrected chi connectivity index (χ0v) is 10.4. The molecule has 88 valence electrons. The SMILES string of the molecule is Fc1cccc(Cl)c1-n1nc2c(c1Cl)CCC2. The van der Waals surface area contributed by atoms with Gasteiger partial charge in [-0.2, -0.15) is 5.10 Å². The van der Waals surface area contributed by atoms with Crippen LogP contribution in [0.1, 0.15) is 17.7 Å². The van der Waals surface area contributed by atoms with Crippen molar-refractivity contribution < 1.29 is 4.39 Å². The average Bonchev–Trinajstić information content (AvgIpc) is 2.84. The molecule has 0 radical (unpaired) electrons. The molecule has 2 nitrogen and oxygen atoms in total. The lowest BCUT2D eigenvalue weighted by molar-refractivity contribution is 0.609. The highest BCUT2D eigenvalue weighted by atomic mass is 35.5. The Labute approximate surface area is 108 Å². The Morgan fingerprint density at radius 1 is 1.24 bits per heavy atom. The van der Waals surface area contributed by atoms with Crippen LogP contribution in [0.25, 0.3) is 5.69 Å². The molecule has 3 rings (SSSR count). The first-order valence-corrected chi connectivity index (χ1v) is 6.14. The van der Waals surface area contributed by atoms with Crippen molar-refractivity contribution in [2.75, 3.05) is 0 Å². The number of aryl methyl sites for hydroxylation is 1. The van der Waals surface area contributed by atoms with E-state index in [4.69, 9.17) is 23.2 Å². The number of benzene rings is 1. The summed E-state index contributed by atoms with van der Waals surface area (Å²) in [5.74, 6) is -0.416. The minimum atomic E-state index is -0.416. The predicted molar refractivity (Wildman–Crippen MR) is 65.6 cm³/mol. The van der Waals surface area contributed by atoms with Gasteiger partial charge in [-0.25, -0.2) is 9.07 Å². The molecule has 17 heavy (non-hydrogen) atoms. The minimum absolute atomic E-state index is 0.230. The van der Waals surface area contributed by atoms with E-state index >= 15 is 0 Å². The van der Waals surface area contributed by atoms with Crippen molar-refractivity contribution in [3.8, 4) is 5.69 Å². The van der Waals surface area contributed by atoms with Crippen LogP contribution in [0.5, 0.6) is 0 Å². The van der Waals surface area contributed by atoms with Crippen molar-refractivity contribution in [1.29, 1.82) is 0 Å². The van der Waals surface area contributed by atoms with E-state index in [-0.39, 0.29) is 5.69 Å². The summed E-state index contributed by atoms with van der Waals surface area (Å²) >= 11 is 12.2. The lowest BCUT2D eigenvalue weighted by Gasteiger charge is -2.07. The highest BCUT2D eigenvalue weighted by molar-refractivity contribution is 6.33. The Hall–Kier alpha value is -1.06. The molecule has 1 aliphatic carbocycles. The van der Waals surface area contributed by atoms with Gasteiger partial charge in [-0.15, -0.1) is 0 Å². The number of fused-ring (bicyclic) bond motifs is 1. The highest BCUT2D eigenvalue weighted by Gasteiger charge is 2.23. The summed E-state index contributed by atoms with van der Waals surface area (Å²) in [4.78, 5) is 0. The van der Waals surface area contributed by atoms with Gasteiger partial charge >= 0.3 is 0 Å². The van der Waals surface area contributed by atoms with E-state index < -0.39 is 5.82 Å². The topological polar surface area (TPSA) is 17.8 Å². The zero-order chi connectivity index (χ0) is 12.0. The molecule has 2 aromatic rings. The molecule has 1 aromatic carbocycles. The fourth-order valence-electron chi connectivity index (χ4n) is 2.19. The van der Waals surface area contributed by atoms with Crippen molar-refractivity contribution in [1.82, 2.24) is 9.78 Å². The molecule has 0 unspecified atom stereocenters. The number of nitrogens with zero attached hydrogens (tertiary/aromatic N) is 2. The van der Waals surface area contributed by atoms with Crippen molar-refractivity contribution in [3.63, 3.8) is 0 Å². The second-order valence-electron chi connectivity index (χ2n) is 4.05. The van der Waals surface area contributed by atoms with Gasteiger partial charge in [0, 0.05) is 5.56 Å². The fourth-order valence-corrected chi connectivity index (χ4v) is 2.76. The zero-order valence-electron chi connectivity index (χ0n) is 8.88. The van der Waals surface area contributed by atoms with E-state index in [1.807, 2.05) is 0 Å². The molecular formula is C12H9Cl2FN2. The van der Waals surface area contributed by atoms with Crippen molar-refractivity contribution >= 4 is 23.2 Å². The Kier molecular flexibility index (Phi) is 2.60. The lowest BCUT2D eigenvalue weighted by Crippen LogP contribution is -2.02. The summed E-state index contributed by atoms with van der Waals surface area (Å²) < 4.78 is 15.2. The van der Waals surface area contributed by atoms with Crippen molar-refractivity contribution in [2.45, 2.75) is 19.3 Å². The van der Waals surface area contributed by atoms with Gasteiger partial charge in [0.05, 0.1) is 10.7 Å². The molecule has 5 heteroatoms. The van der Waals surface area contributed by atoms with Gasteiger partial charge < -0.3 is 0 Å². The molecule has 0 spiro atoms. The van der Waals surface area contributed by atoms with Crippen LogP contribution >= 0.6 is 23.2 Å². The summed E-state index contributed by atoms with van der Waals surface area (Å²) in [5.41, 5.74) is 2.20. The summed E-state index contributed by atoms with van der Waals surface area (Å²) in [6.45, 7) is 0. The number of hydrogen-bond acceptors (Lipinski definition) is 1. The molecular weight excluding hydrogens is 262 g/mol. The average molecular weight is 271 g/mol. The van der Waals surface area contributed by atoms with E-state index in [1.165, 1.54) is 10.7 Å². The summed E-state index contributed by atoms with van der Waals surface area (Å²) in [5, 5.41) is 5.13. The molecule has 1 heterocycles. The lowest BCUT2D eigenvalue weighted by atomic mass is 10.3. The fraction of sp³-hybridized carbons (Fsp3) is 0.250. The monoisotopic (exact) mass is 270 g/mol. The van der Waals surface area contributed by atoms with E-state index in [1.54, 1.807) is 12.1 Å². The Bertz CT molecular complexity index is 572. The first kappa shape index (κ1) is 11.1. The normalized spacial score (nSPS) is 14.1. The van der Waals surface area contributed by atoms with E-state index in [0.717, 1.165) is 30.5 Å². The van der Waals surface area contributed by atoms with Crippen molar-refractivity contribution in [3.05, 3.63) is 45.4 Å². The van der Waals surface area contributed by atoms with Gasteiger partial charge in [-0.3, -0.25) is 0 Å². The number of hydrogen-bond donors (Lipinski definition) is 0. The molecule has 0 atom stereocenters. The maximum absolute atomic E-state index is 13.8. The number of halogens is 3. The first-order chi connectivity index (χ1) is 8.18. The molecule has 0 amide bonds. The van der Waals surface area contributed by atoms with E-state index in [0.29, 0.717) is 10.2 Å². The number of aromatic nitrogens is 2. The third-order valence-corrected chi connectivity index (χ3v) is 3.69. The summed E-state index contributed by atoms with van der Waals surface area (Å²) in [7, 11) is 0. The predicted octanol–water partition coefficient (Wildman–Crippen LogP) is 3.81. The Morgan fingerprint density at radius 2 is 2.06 bits per heavy atom. The molecule has 0 fully saturated rings. The smallest absolute Gasteiger partial charge is 0.150 e. The van der Waals surface area contributed by atoms with Gasteiger partial charge in [0.15, 0.2) is 0 Å². The molecule has 0 bridgehead atoms. The third kappa shape index (κ3) is 1.65. The van der Waals surface area contributed by atoms with Crippen LogP contribution in [-0.2, 0) is 12.8 Å². The molecule has 0 saturated heterocycles. The number of rotatable bonds is 1. The van der Waals surface area contributed by atoms with Crippen LogP contribution < -0.4 is 0 Å². The van der Waals surface area contributed by atoms with Crippen LogP contribution in [0.15, 0.2) is 18.2 Å². The second-order valence-corrected chi connectivity index (χ2v) is 4.82. The molecule has 0 saturated carbocycles. The Morgan fingerprint density at radius 3 is 2.76 bits per heavy atom. The standard InChI is InChI=1S/C12H9Cl2FN2/c13-8-4-2-5-9(15)11(8)17-12(14)7-3-1-6-10(7)16-17/h2,4-5H,1,3,6H2. The van der Waals surface area contributed by atoms with Gasteiger partial charge in [0.2, 0.25) is 0 Å². The molecule has 1 aromatic heterocycles. The first-order valence-electron chi connectivity index (χ1n) is 5.39. The van der Waals surface area contributed by atoms with E-state index in [9.17, 15) is 4.39 Å². The van der Waals surface area contributed by atoms with Crippen molar-refractivity contribution in [2.24, 2.45) is 0 Å². The molecule has 0 aliphatic heterocycles. The van der Waals surface area contributed by atoms with Crippen LogP contribution in [0.2, 0.25) is 10.2 Å². The molecule has 1 aliphatic rings. The van der Waals surface area contributed by atoms with Gasteiger partial charge in [0.25, 0.3) is 0 Å². The summed E-state index contributed by atoms with van der Waals surface area (Å²) in [6, 6.07) is 4.54. The quantitative estimate of drug-likeness (QED) is 0.771. The van der Waals surface area contributed by atoms with Gasteiger partial charge in [-0.1, -0.05) is 29.3 Å². The van der Waals surface area contributed by atoms with Gasteiger partial charge in [-0.05, 0) is 31.4 Å². The minimum Gasteiger partial charge on any atom is -0.217 e. The third-order valence-electron chi connectivity index (χ3n) is 2.99. The maximum Gasteiger partial charge on any atom is 0.150 e. The Balaban J connectivity index is 2.23.